The molecule has 3 rings (SSSR count). The van der Waals surface area contributed by atoms with Crippen molar-refractivity contribution in [3.05, 3.63) is 58.7 Å². The average molecular weight is 397 g/mol. The molecule has 0 spiro atoms. The molecule has 0 aliphatic heterocycles. The molecule has 0 fully saturated rings. The van der Waals surface area contributed by atoms with Crippen molar-refractivity contribution in [3.8, 4) is 16.5 Å². The van der Waals surface area contributed by atoms with Gasteiger partial charge in [0.15, 0.2) is 0 Å². The van der Waals surface area contributed by atoms with E-state index in [4.69, 9.17) is 0 Å². The van der Waals surface area contributed by atoms with E-state index < -0.39 is 0 Å². The number of aromatic hydroxyl groups is 1. The molecular formula is C23H26OSe. The second-order valence-corrected chi connectivity index (χ2v) is 10.1. The minimum atomic E-state index is 0.124. The van der Waals surface area contributed by atoms with Gasteiger partial charge in [-0.25, -0.2) is 0 Å². The van der Waals surface area contributed by atoms with E-state index in [2.05, 4.69) is 57.5 Å². The maximum atomic E-state index is 9.39. The van der Waals surface area contributed by atoms with E-state index in [-0.39, 0.29) is 31.5 Å². The first-order valence-corrected chi connectivity index (χ1v) is 10.5. The van der Waals surface area contributed by atoms with E-state index in [0.29, 0.717) is 0 Å². The van der Waals surface area contributed by atoms with Gasteiger partial charge in [0.1, 0.15) is 0 Å². The standard InChI is InChI=1S/C23H26OSe/c1-16-14-19-21(23(4,5)12-11-22(19,2)3)20(15-16)25-13-10-17-6-8-18(24)9-7-17/h6-9,14-15,24H,11-12H2,1-5H3. The van der Waals surface area contributed by atoms with Gasteiger partial charge in [-0.05, 0) is 0 Å². The number of fused-ring (bicyclic) bond motifs is 1. The first-order chi connectivity index (χ1) is 11.7. The third-order valence-corrected chi connectivity index (χ3v) is 6.82. The van der Waals surface area contributed by atoms with Gasteiger partial charge in [-0.1, -0.05) is 0 Å². The van der Waals surface area contributed by atoms with Crippen molar-refractivity contribution in [2.24, 2.45) is 0 Å². The van der Waals surface area contributed by atoms with Crippen molar-refractivity contribution < 1.29 is 5.11 Å². The first-order valence-electron chi connectivity index (χ1n) is 8.82. The Bertz CT molecular complexity index is 848. The van der Waals surface area contributed by atoms with Crippen LogP contribution >= 0.6 is 0 Å². The fourth-order valence-corrected chi connectivity index (χ4v) is 5.76. The molecule has 0 amide bonds. The van der Waals surface area contributed by atoms with Crippen molar-refractivity contribution >= 4 is 19.4 Å². The molecule has 2 aromatic carbocycles. The molecule has 1 N–H and O–H groups in total. The van der Waals surface area contributed by atoms with Gasteiger partial charge in [0.2, 0.25) is 0 Å². The summed E-state index contributed by atoms with van der Waals surface area (Å²) < 4.78 is 1.44. The average Bonchev–Trinajstić information content (AvgIpc) is 2.53. The molecule has 0 unspecified atom stereocenters. The third kappa shape index (κ3) is 3.79. The second-order valence-electron chi connectivity index (χ2n) is 8.33. The Morgan fingerprint density at radius 2 is 1.60 bits per heavy atom. The normalized spacial score (nSPS) is 17.3. The summed E-state index contributed by atoms with van der Waals surface area (Å²) in [5.74, 6) is 3.55. The number of hydrogen-bond donors (Lipinski definition) is 1. The van der Waals surface area contributed by atoms with E-state index >= 15 is 0 Å². The van der Waals surface area contributed by atoms with Gasteiger partial charge in [0.25, 0.3) is 0 Å². The van der Waals surface area contributed by atoms with E-state index in [1.807, 2.05) is 12.1 Å². The van der Waals surface area contributed by atoms with Crippen LogP contribution in [-0.2, 0) is 10.8 Å². The molecule has 1 nitrogen and oxygen atoms in total. The summed E-state index contributed by atoms with van der Waals surface area (Å²) in [7, 11) is 0. The van der Waals surface area contributed by atoms with Crippen LogP contribution in [0.4, 0.5) is 0 Å². The van der Waals surface area contributed by atoms with E-state index in [1.165, 1.54) is 34.0 Å². The fourth-order valence-electron chi connectivity index (χ4n) is 3.63. The summed E-state index contributed by atoms with van der Waals surface area (Å²) in [5.41, 5.74) is 5.82. The molecule has 0 aromatic heterocycles. The Morgan fingerprint density at radius 3 is 2.28 bits per heavy atom. The Balaban J connectivity index is 2.00. The van der Waals surface area contributed by atoms with Crippen LogP contribution < -0.4 is 4.46 Å². The Kier molecular flexibility index (Phi) is 4.76. The van der Waals surface area contributed by atoms with Gasteiger partial charge in [-0.3, -0.25) is 0 Å². The quantitative estimate of drug-likeness (QED) is 0.559. The molecule has 0 atom stereocenters. The molecule has 1 aliphatic carbocycles. The summed E-state index contributed by atoms with van der Waals surface area (Å²) in [4.78, 5) is 3.41. The Morgan fingerprint density at radius 1 is 0.960 bits per heavy atom. The molecule has 1 aliphatic rings. The first kappa shape index (κ1) is 18.1. The van der Waals surface area contributed by atoms with Crippen LogP contribution in [0.1, 0.15) is 62.8 Å². The molecular weight excluding hydrogens is 371 g/mol. The topological polar surface area (TPSA) is 20.2 Å². The van der Waals surface area contributed by atoms with Crippen LogP contribution in [-0.4, -0.2) is 20.1 Å². The molecule has 0 radical (unpaired) electrons. The number of phenolic OH excluding ortho intramolecular Hbond substituents is 1. The minimum absolute atomic E-state index is 0.124. The fraction of sp³-hybridized carbons (Fsp3) is 0.391. The van der Waals surface area contributed by atoms with E-state index in [9.17, 15) is 5.11 Å². The van der Waals surface area contributed by atoms with Crippen LogP contribution in [0.25, 0.3) is 0 Å². The predicted octanol–water partition coefficient (Wildman–Crippen LogP) is 4.39. The molecule has 130 valence electrons. The summed E-state index contributed by atoms with van der Waals surface area (Å²) in [6.45, 7) is 11.7. The van der Waals surface area contributed by atoms with Crippen molar-refractivity contribution in [1.29, 1.82) is 0 Å². The summed E-state index contributed by atoms with van der Waals surface area (Å²) >= 11 is 0.124. The SMILES string of the molecule is Cc1cc([Se]C#Cc2ccc(O)cc2)c2c(c1)C(C)(C)CCC2(C)C. The van der Waals surface area contributed by atoms with Gasteiger partial charge < -0.3 is 0 Å². The van der Waals surface area contributed by atoms with E-state index in [1.54, 1.807) is 12.1 Å². The monoisotopic (exact) mass is 398 g/mol. The van der Waals surface area contributed by atoms with Crippen LogP contribution in [0.5, 0.6) is 5.75 Å². The van der Waals surface area contributed by atoms with Crippen LogP contribution in [0, 0.1) is 17.7 Å². The molecule has 25 heavy (non-hydrogen) atoms. The number of aryl methyl sites for hydroxylation is 1. The van der Waals surface area contributed by atoms with Gasteiger partial charge in [-0.15, -0.1) is 0 Å². The Labute approximate surface area is 158 Å². The predicted molar refractivity (Wildman–Crippen MR) is 107 cm³/mol. The van der Waals surface area contributed by atoms with Crippen LogP contribution in [0.2, 0.25) is 0 Å². The number of benzene rings is 2. The Hall–Kier alpha value is -1.68. The van der Waals surface area contributed by atoms with E-state index in [0.717, 1.165) is 5.56 Å². The maximum absolute atomic E-state index is 9.39. The number of rotatable bonds is 1. The van der Waals surface area contributed by atoms with Crippen LogP contribution in [0.3, 0.4) is 0 Å². The number of hydrogen-bond acceptors (Lipinski definition) is 1. The molecule has 0 saturated heterocycles. The summed E-state index contributed by atoms with van der Waals surface area (Å²) in [6.07, 6.45) is 2.46. The molecule has 0 bridgehead atoms. The van der Waals surface area contributed by atoms with Crippen molar-refractivity contribution in [2.75, 3.05) is 0 Å². The summed E-state index contributed by atoms with van der Waals surface area (Å²) in [6, 6.07) is 11.9. The second kappa shape index (κ2) is 6.56. The molecule has 0 saturated carbocycles. The van der Waals surface area contributed by atoms with Gasteiger partial charge in [-0.2, -0.15) is 0 Å². The molecule has 2 aromatic rings. The van der Waals surface area contributed by atoms with Crippen molar-refractivity contribution in [1.82, 2.24) is 0 Å². The number of phenols is 1. The zero-order chi connectivity index (χ0) is 18.2. The molecule has 0 heterocycles. The van der Waals surface area contributed by atoms with Crippen molar-refractivity contribution in [3.63, 3.8) is 0 Å². The zero-order valence-corrected chi connectivity index (χ0v) is 17.4. The molecule has 2 heteroatoms. The summed E-state index contributed by atoms with van der Waals surface area (Å²) in [5, 5.41) is 9.39. The zero-order valence-electron chi connectivity index (χ0n) is 15.7. The van der Waals surface area contributed by atoms with Crippen molar-refractivity contribution in [2.45, 2.75) is 58.3 Å². The van der Waals surface area contributed by atoms with Gasteiger partial charge in [0, 0.05) is 0 Å². The van der Waals surface area contributed by atoms with Gasteiger partial charge in [0.05, 0.1) is 0 Å². The van der Waals surface area contributed by atoms with Crippen LogP contribution in [0.15, 0.2) is 36.4 Å². The third-order valence-electron chi connectivity index (χ3n) is 5.25. The van der Waals surface area contributed by atoms with Gasteiger partial charge >= 0.3 is 158 Å².